The quantitative estimate of drug-likeness (QED) is 0.504. The Balaban J connectivity index is 2.89. The van der Waals surface area contributed by atoms with Gasteiger partial charge >= 0.3 is 0 Å². The zero-order chi connectivity index (χ0) is 12.8. The van der Waals surface area contributed by atoms with Gasteiger partial charge in [0.2, 0.25) is 0 Å². The smallest absolute Gasteiger partial charge is 0.0701 e. The van der Waals surface area contributed by atoms with Crippen LogP contribution < -0.4 is 5.32 Å². The van der Waals surface area contributed by atoms with E-state index in [1.807, 2.05) is 0 Å². The fourth-order valence-electron chi connectivity index (χ4n) is 1.36. The van der Waals surface area contributed by atoms with Gasteiger partial charge in [0.05, 0.1) is 26.4 Å². The molecule has 0 fully saturated rings. The predicted octanol–water partition coefficient (Wildman–Crippen LogP) is 1.83. The Morgan fingerprint density at radius 1 is 0.824 bits per heavy atom. The van der Waals surface area contributed by atoms with Crippen molar-refractivity contribution in [3.05, 3.63) is 0 Å². The molecule has 0 aromatic heterocycles. The molecular formula is C13H29NO3. The lowest BCUT2D eigenvalue weighted by Gasteiger charge is -2.08. The van der Waals surface area contributed by atoms with Crippen LogP contribution >= 0.6 is 0 Å². The minimum atomic E-state index is 0.593. The molecule has 0 aromatic rings. The average molecular weight is 247 g/mol. The second-order valence-electron chi connectivity index (χ2n) is 4.39. The van der Waals surface area contributed by atoms with Gasteiger partial charge in [-0.25, -0.2) is 0 Å². The van der Waals surface area contributed by atoms with Crippen LogP contribution in [0.25, 0.3) is 0 Å². The Morgan fingerprint density at radius 3 is 2.12 bits per heavy atom. The zero-order valence-electron chi connectivity index (χ0n) is 11.7. The predicted molar refractivity (Wildman–Crippen MR) is 70.5 cm³/mol. The van der Waals surface area contributed by atoms with Gasteiger partial charge in [0.1, 0.15) is 0 Å². The molecule has 0 saturated carbocycles. The van der Waals surface area contributed by atoms with Crippen molar-refractivity contribution >= 4 is 0 Å². The van der Waals surface area contributed by atoms with Gasteiger partial charge in [-0.2, -0.15) is 0 Å². The first kappa shape index (κ1) is 16.8. The normalized spacial score (nSPS) is 11.3. The Labute approximate surface area is 106 Å². The van der Waals surface area contributed by atoms with E-state index in [2.05, 4.69) is 19.2 Å². The van der Waals surface area contributed by atoms with Crippen LogP contribution in [0.15, 0.2) is 0 Å². The van der Waals surface area contributed by atoms with E-state index in [9.17, 15) is 0 Å². The number of hydrogen-bond donors (Lipinski definition) is 1. The SMILES string of the molecule is COCCOCCOCCCCCNC(C)C. The van der Waals surface area contributed by atoms with Gasteiger partial charge in [-0.15, -0.1) is 0 Å². The number of ether oxygens (including phenoxy) is 3. The lowest BCUT2D eigenvalue weighted by atomic mass is 10.2. The maximum Gasteiger partial charge on any atom is 0.0701 e. The minimum Gasteiger partial charge on any atom is -0.382 e. The van der Waals surface area contributed by atoms with Crippen LogP contribution in [-0.2, 0) is 14.2 Å². The summed E-state index contributed by atoms with van der Waals surface area (Å²) < 4.78 is 15.6. The van der Waals surface area contributed by atoms with Crippen LogP contribution in [-0.4, -0.2) is 52.7 Å². The first-order chi connectivity index (χ1) is 8.27. The summed E-state index contributed by atoms with van der Waals surface area (Å²) in [5.74, 6) is 0. The third-order valence-corrected chi connectivity index (χ3v) is 2.32. The fraction of sp³-hybridized carbons (Fsp3) is 1.00. The monoisotopic (exact) mass is 247 g/mol. The molecule has 0 atom stereocenters. The highest BCUT2D eigenvalue weighted by Gasteiger charge is 1.93. The van der Waals surface area contributed by atoms with Crippen LogP contribution in [0, 0.1) is 0 Å². The van der Waals surface area contributed by atoms with Gasteiger partial charge in [-0.3, -0.25) is 0 Å². The van der Waals surface area contributed by atoms with Crippen molar-refractivity contribution in [2.75, 3.05) is 46.7 Å². The van der Waals surface area contributed by atoms with Gasteiger partial charge in [0.15, 0.2) is 0 Å². The Kier molecular flexibility index (Phi) is 13.8. The summed E-state index contributed by atoms with van der Waals surface area (Å²) in [6.45, 7) is 8.96. The maximum absolute atomic E-state index is 5.46. The molecule has 104 valence electrons. The second-order valence-corrected chi connectivity index (χ2v) is 4.39. The van der Waals surface area contributed by atoms with Gasteiger partial charge in [0.25, 0.3) is 0 Å². The summed E-state index contributed by atoms with van der Waals surface area (Å²) in [4.78, 5) is 0. The summed E-state index contributed by atoms with van der Waals surface area (Å²) >= 11 is 0. The molecule has 0 rings (SSSR count). The Hall–Kier alpha value is -0.160. The van der Waals surface area contributed by atoms with Crippen molar-refractivity contribution in [3.8, 4) is 0 Å². The maximum atomic E-state index is 5.46. The van der Waals surface area contributed by atoms with E-state index in [-0.39, 0.29) is 0 Å². The number of hydrogen-bond acceptors (Lipinski definition) is 4. The molecule has 4 nitrogen and oxygen atoms in total. The highest BCUT2D eigenvalue weighted by atomic mass is 16.5. The molecule has 1 N–H and O–H groups in total. The van der Waals surface area contributed by atoms with Crippen molar-refractivity contribution in [3.63, 3.8) is 0 Å². The summed E-state index contributed by atoms with van der Waals surface area (Å²) in [6, 6.07) is 0.593. The molecule has 0 heterocycles. The molecule has 17 heavy (non-hydrogen) atoms. The lowest BCUT2D eigenvalue weighted by Crippen LogP contribution is -2.23. The second kappa shape index (κ2) is 13.9. The molecular weight excluding hydrogens is 218 g/mol. The highest BCUT2D eigenvalue weighted by Crippen LogP contribution is 1.95. The first-order valence-electron chi connectivity index (χ1n) is 6.65. The molecule has 0 unspecified atom stereocenters. The average Bonchev–Trinajstić information content (AvgIpc) is 2.30. The first-order valence-corrected chi connectivity index (χ1v) is 6.65. The van der Waals surface area contributed by atoms with Gasteiger partial charge in [-0.1, -0.05) is 13.8 Å². The molecule has 0 aliphatic carbocycles. The van der Waals surface area contributed by atoms with E-state index in [1.54, 1.807) is 7.11 Å². The third kappa shape index (κ3) is 15.8. The van der Waals surface area contributed by atoms with Gasteiger partial charge < -0.3 is 19.5 Å². The van der Waals surface area contributed by atoms with Crippen molar-refractivity contribution in [1.29, 1.82) is 0 Å². The molecule has 0 radical (unpaired) electrons. The van der Waals surface area contributed by atoms with Crippen LogP contribution in [0.1, 0.15) is 33.1 Å². The Morgan fingerprint density at radius 2 is 1.47 bits per heavy atom. The summed E-state index contributed by atoms with van der Waals surface area (Å²) in [5.41, 5.74) is 0. The van der Waals surface area contributed by atoms with E-state index in [0.29, 0.717) is 32.5 Å². The lowest BCUT2D eigenvalue weighted by molar-refractivity contribution is 0.0240. The molecule has 0 aromatic carbocycles. The summed E-state index contributed by atoms with van der Waals surface area (Å²) in [7, 11) is 1.67. The van der Waals surface area contributed by atoms with E-state index < -0.39 is 0 Å². The molecule has 0 saturated heterocycles. The van der Waals surface area contributed by atoms with E-state index in [1.165, 1.54) is 12.8 Å². The number of methoxy groups -OCH3 is 1. The van der Waals surface area contributed by atoms with E-state index in [4.69, 9.17) is 14.2 Å². The molecule has 0 bridgehead atoms. The standard InChI is InChI=1S/C13H29NO3/c1-13(2)14-7-5-4-6-8-16-11-12-17-10-9-15-3/h13-14H,4-12H2,1-3H3. The van der Waals surface area contributed by atoms with Crippen LogP contribution in [0.5, 0.6) is 0 Å². The van der Waals surface area contributed by atoms with Crippen molar-refractivity contribution < 1.29 is 14.2 Å². The summed E-state index contributed by atoms with van der Waals surface area (Å²) in [6.07, 6.45) is 3.59. The van der Waals surface area contributed by atoms with Crippen molar-refractivity contribution in [1.82, 2.24) is 5.32 Å². The number of unbranched alkanes of at least 4 members (excludes halogenated alkanes) is 2. The highest BCUT2D eigenvalue weighted by molar-refractivity contribution is 4.52. The van der Waals surface area contributed by atoms with Crippen LogP contribution in [0.4, 0.5) is 0 Å². The molecule has 4 heteroatoms. The van der Waals surface area contributed by atoms with E-state index in [0.717, 1.165) is 19.6 Å². The fourth-order valence-corrected chi connectivity index (χ4v) is 1.36. The largest absolute Gasteiger partial charge is 0.382 e. The minimum absolute atomic E-state index is 0.593. The van der Waals surface area contributed by atoms with Crippen LogP contribution in [0.2, 0.25) is 0 Å². The number of rotatable bonds is 13. The zero-order valence-corrected chi connectivity index (χ0v) is 11.7. The molecule has 0 aliphatic rings. The molecule has 0 spiro atoms. The third-order valence-electron chi connectivity index (χ3n) is 2.32. The molecule has 0 amide bonds. The van der Waals surface area contributed by atoms with Gasteiger partial charge in [0, 0.05) is 19.8 Å². The van der Waals surface area contributed by atoms with Gasteiger partial charge in [-0.05, 0) is 25.8 Å². The van der Waals surface area contributed by atoms with Crippen molar-refractivity contribution in [2.24, 2.45) is 0 Å². The number of nitrogens with one attached hydrogen (secondary N) is 1. The van der Waals surface area contributed by atoms with E-state index >= 15 is 0 Å². The summed E-state index contributed by atoms with van der Waals surface area (Å²) in [5, 5.41) is 3.40. The molecule has 0 aliphatic heterocycles. The van der Waals surface area contributed by atoms with Crippen LogP contribution in [0.3, 0.4) is 0 Å². The topological polar surface area (TPSA) is 39.7 Å². The Bertz CT molecular complexity index is 143. The van der Waals surface area contributed by atoms with Crippen molar-refractivity contribution in [2.45, 2.75) is 39.2 Å².